The Balaban J connectivity index is 0.976. The molecular weight excluding hydrogens is 713 g/mol. The summed E-state index contributed by atoms with van der Waals surface area (Å²) in [5.41, 5.74) is 3.22. The molecule has 12 nitrogen and oxygen atoms in total. The number of nitrogens with one attached hydrogen (secondary N) is 4. The summed E-state index contributed by atoms with van der Waals surface area (Å²) in [7, 11) is 0. The number of carbonyl (C=O) groups excluding carboxylic acids is 6. The first-order valence-electron chi connectivity index (χ1n) is 18.9. The number of rotatable bonds is 23. The van der Waals surface area contributed by atoms with Crippen LogP contribution in [0.1, 0.15) is 72.6 Å². The van der Waals surface area contributed by atoms with Crippen molar-refractivity contribution in [3.05, 3.63) is 144 Å². The van der Waals surface area contributed by atoms with Crippen LogP contribution in [-0.4, -0.2) is 75.0 Å². The molecule has 4 aromatic carbocycles. The van der Waals surface area contributed by atoms with E-state index < -0.39 is 35.6 Å². The number of carbonyl (C=O) groups is 6. The van der Waals surface area contributed by atoms with Gasteiger partial charge in [-0.15, -0.1) is 0 Å². The number of ether oxygens (including phenoxy) is 2. The molecule has 0 aliphatic carbocycles. The van der Waals surface area contributed by atoms with Crippen molar-refractivity contribution in [3.8, 4) is 0 Å². The Hall–Kier alpha value is -6.30. The van der Waals surface area contributed by atoms with Gasteiger partial charge in [-0.1, -0.05) is 147 Å². The van der Waals surface area contributed by atoms with E-state index >= 15 is 0 Å². The third-order valence-corrected chi connectivity index (χ3v) is 8.83. The lowest BCUT2D eigenvalue weighted by atomic mass is 9.90. The average Bonchev–Trinajstić information content (AvgIpc) is 3.23. The quantitative estimate of drug-likeness (QED) is 0.0631. The van der Waals surface area contributed by atoms with Crippen molar-refractivity contribution >= 4 is 35.6 Å². The first-order valence-corrected chi connectivity index (χ1v) is 18.9. The molecule has 0 bridgehead atoms. The topological polar surface area (TPSA) is 169 Å². The number of benzene rings is 4. The van der Waals surface area contributed by atoms with Crippen LogP contribution in [0, 0.1) is 0 Å². The van der Waals surface area contributed by atoms with Crippen molar-refractivity contribution in [2.45, 2.75) is 50.4 Å². The zero-order valence-corrected chi connectivity index (χ0v) is 31.5. The predicted octanol–water partition coefficient (Wildman–Crippen LogP) is 4.54. The van der Waals surface area contributed by atoms with Gasteiger partial charge in [-0.3, -0.25) is 28.8 Å². The molecule has 0 fully saturated rings. The first kappa shape index (κ1) is 42.4. The molecule has 12 heteroatoms. The minimum atomic E-state index is -0.576. The second-order valence-corrected chi connectivity index (χ2v) is 13.1. The Bertz CT molecular complexity index is 1610. The second-order valence-electron chi connectivity index (χ2n) is 13.1. The lowest BCUT2D eigenvalue weighted by molar-refractivity contribution is -0.144. The lowest BCUT2D eigenvalue weighted by Crippen LogP contribution is -2.41. The highest BCUT2D eigenvalue weighted by molar-refractivity contribution is 5.92. The fourth-order valence-corrected chi connectivity index (χ4v) is 5.96. The van der Waals surface area contributed by atoms with E-state index in [1.54, 1.807) is 0 Å². The van der Waals surface area contributed by atoms with E-state index in [2.05, 4.69) is 21.3 Å². The summed E-state index contributed by atoms with van der Waals surface area (Å²) >= 11 is 0. The van der Waals surface area contributed by atoms with Crippen molar-refractivity contribution in [3.63, 3.8) is 0 Å². The molecule has 4 N–H and O–H groups in total. The molecule has 0 spiro atoms. The van der Waals surface area contributed by atoms with Crippen molar-refractivity contribution in [2.24, 2.45) is 0 Å². The van der Waals surface area contributed by atoms with Crippen LogP contribution in [0.5, 0.6) is 0 Å². The van der Waals surface area contributed by atoms with Gasteiger partial charge in [-0.2, -0.15) is 0 Å². The molecule has 0 radical (unpaired) electrons. The van der Waals surface area contributed by atoms with Crippen LogP contribution < -0.4 is 21.3 Å². The smallest absolute Gasteiger partial charge is 0.325 e. The normalized spacial score (nSPS) is 10.7. The van der Waals surface area contributed by atoms with E-state index in [1.807, 2.05) is 121 Å². The molecule has 0 aromatic heterocycles. The number of unbranched alkanes of at least 4 members (excludes halogenated alkanes) is 5. The summed E-state index contributed by atoms with van der Waals surface area (Å²) in [5, 5.41) is 10.3. The highest BCUT2D eigenvalue weighted by atomic mass is 16.5. The van der Waals surface area contributed by atoms with E-state index in [9.17, 15) is 28.8 Å². The minimum Gasteiger partial charge on any atom is -0.464 e. The summed E-state index contributed by atoms with van der Waals surface area (Å²) in [6.45, 7) is -0.670. The standard InChI is InChI=1S/C44H50N4O8/c49-37(29-47-43(53)41(33-19-9-5-10-20-33)34-21-11-6-12-22-34)45-31-39(51)55-27-17-3-1-2-4-18-28-56-40(52)32-46-38(50)30-48-44(54)42(35-23-13-7-14-24-35)36-25-15-8-16-26-36/h5-16,19-26,41-42H,1-4,17-18,27-32H2,(H,45,49)(H,46,50)(H,47,53)(H,48,54). The SMILES string of the molecule is O=C(CNC(=O)C(c1ccccc1)c1ccccc1)NCC(=O)OCCCCCCCCOC(=O)CNC(=O)CNC(=O)C(c1ccccc1)c1ccccc1. The van der Waals surface area contributed by atoms with Gasteiger partial charge in [0.2, 0.25) is 23.6 Å². The zero-order valence-electron chi connectivity index (χ0n) is 31.5. The summed E-state index contributed by atoms with van der Waals surface area (Å²) in [6.07, 6.45) is 4.85. The number of amides is 4. The maximum Gasteiger partial charge on any atom is 0.325 e. The Morgan fingerprint density at radius 3 is 0.964 bits per heavy atom. The van der Waals surface area contributed by atoms with Gasteiger partial charge in [0, 0.05) is 0 Å². The van der Waals surface area contributed by atoms with Crippen LogP contribution in [0.4, 0.5) is 0 Å². The largest absolute Gasteiger partial charge is 0.464 e. The van der Waals surface area contributed by atoms with Crippen LogP contribution in [-0.2, 0) is 38.2 Å². The zero-order chi connectivity index (χ0) is 39.8. The highest BCUT2D eigenvalue weighted by Gasteiger charge is 2.24. The summed E-state index contributed by atoms with van der Waals surface area (Å²) in [4.78, 5) is 74.9. The van der Waals surface area contributed by atoms with Gasteiger partial charge in [-0.25, -0.2) is 0 Å². The van der Waals surface area contributed by atoms with Crippen LogP contribution >= 0.6 is 0 Å². The maximum absolute atomic E-state index is 13.0. The van der Waals surface area contributed by atoms with Crippen LogP contribution in [0.3, 0.4) is 0 Å². The van der Waals surface area contributed by atoms with Gasteiger partial charge >= 0.3 is 11.9 Å². The molecule has 0 aliphatic heterocycles. The van der Waals surface area contributed by atoms with E-state index in [0.29, 0.717) is 12.8 Å². The van der Waals surface area contributed by atoms with Crippen molar-refractivity contribution in [1.82, 2.24) is 21.3 Å². The maximum atomic E-state index is 13.0. The molecule has 4 aromatic rings. The average molecular weight is 763 g/mol. The molecule has 4 amide bonds. The van der Waals surface area contributed by atoms with Crippen molar-refractivity contribution in [1.29, 1.82) is 0 Å². The van der Waals surface area contributed by atoms with E-state index in [-0.39, 0.29) is 51.2 Å². The molecule has 56 heavy (non-hydrogen) atoms. The third kappa shape index (κ3) is 15.2. The Kier molecular flexibility index (Phi) is 18.3. The van der Waals surface area contributed by atoms with E-state index in [0.717, 1.165) is 47.9 Å². The number of hydrogen-bond donors (Lipinski definition) is 4. The van der Waals surface area contributed by atoms with Crippen LogP contribution in [0.25, 0.3) is 0 Å². The lowest BCUT2D eigenvalue weighted by Gasteiger charge is -2.17. The van der Waals surface area contributed by atoms with Gasteiger partial charge in [0.05, 0.1) is 38.1 Å². The van der Waals surface area contributed by atoms with E-state index in [1.165, 1.54) is 0 Å². The van der Waals surface area contributed by atoms with E-state index in [4.69, 9.17) is 9.47 Å². The molecule has 294 valence electrons. The van der Waals surface area contributed by atoms with Gasteiger partial charge in [0.15, 0.2) is 0 Å². The predicted molar refractivity (Wildman–Crippen MR) is 211 cm³/mol. The molecular formula is C44H50N4O8. The number of esters is 2. The first-order chi connectivity index (χ1) is 27.3. The molecule has 0 heterocycles. The van der Waals surface area contributed by atoms with Gasteiger partial charge < -0.3 is 30.7 Å². The van der Waals surface area contributed by atoms with Crippen molar-refractivity contribution in [2.75, 3.05) is 39.4 Å². The summed E-state index contributed by atoms with van der Waals surface area (Å²) < 4.78 is 10.4. The van der Waals surface area contributed by atoms with Gasteiger partial charge in [-0.05, 0) is 35.1 Å². The molecule has 4 rings (SSSR count). The minimum absolute atomic E-state index is 0.231. The molecule has 0 saturated carbocycles. The molecule has 0 unspecified atom stereocenters. The molecule has 0 aliphatic rings. The Labute approximate surface area is 327 Å². The number of hydrogen-bond acceptors (Lipinski definition) is 8. The van der Waals surface area contributed by atoms with Crippen molar-refractivity contribution < 1.29 is 38.2 Å². The highest BCUT2D eigenvalue weighted by Crippen LogP contribution is 2.25. The third-order valence-electron chi connectivity index (χ3n) is 8.83. The second kappa shape index (κ2) is 24.2. The summed E-state index contributed by atoms with van der Waals surface area (Å²) in [6, 6.07) is 37.2. The fraction of sp³-hybridized carbons (Fsp3) is 0.318. The van der Waals surface area contributed by atoms with Crippen LogP contribution in [0.2, 0.25) is 0 Å². The molecule has 0 atom stereocenters. The monoisotopic (exact) mass is 762 g/mol. The van der Waals surface area contributed by atoms with Gasteiger partial charge in [0.1, 0.15) is 13.1 Å². The van der Waals surface area contributed by atoms with Crippen LogP contribution in [0.15, 0.2) is 121 Å². The Morgan fingerprint density at radius 2 is 0.661 bits per heavy atom. The fourth-order valence-electron chi connectivity index (χ4n) is 5.96. The van der Waals surface area contributed by atoms with Gasteiger partial charge in [0.25, 0.3) is 0 Å². The Morgan fingerprint density at radius 1 is 0.375 bits per heavy atom. The summed E-state index contributed by atoms with van der Waals surface area (Å²) in [5.74, 6) is -3.90. The molecule has 0 saturated heterocycles.